The summed E-state index contributed by atoms with van der Waals surface area (Å²) in [5.74, 6) is -0.951. The number of likely N-dealkylation sites (N-methyl/N-ethyl adjacent to an activating group) is 1. The van der Waals surface area contributed by atoms with Crippen molar-refractivity contribution < 1.29 is 27.1 Å². The predicted molar refractivity (Wildman–Crippen MR) is 138 cm³/mol. The van der Waals surface area contributed by atoms with Gasteiger partial charge in [-0.2, -0.15) is 0 Å². The molecule has 0 aliphatic carbocycles. The van der Waals surface area contributed by atoms with Crippen LogP contribution in [0.25, 0.3) is 6.08 Å². The van der Waals surface area contributed by atoms with Crippen LogP contribution in [-0.4, -0.2) is 65.2 Å². The van der Waals surface area contributed by atoms with Gasteiger partial charge in [0.2, 0.25) is 0 Å². The molecule has 2 heterocycles. The summed E-state index contributed by atoms with van der Waals surface area (Å²) in [6.07, 6.45) is 5.42. The maximum atomic E-state index is 14.0. The number of hydrogen-bond acceptors (Lipinski definition) is 7. The van der Waals surface area contributed by atoms with E-state index in [0.717, 1.165) is 44.2 Å². The van der Waals surface area contributed by atoms with Crippen molar-refractivity contribution >= 4 is 33.4 Å². The summed E-state index contributed by atoms with van der Waals surface area (Å²) < 4.78 is 54.4. The highest BCUT2D eigenvalue weighted by atomic mass is 32.2. The second-order valence-corrected chi connectivity index (χ2v) is 10.5. The molecule has 0 spiro atoms. The fraction of sp³-hybridized carbons (Fsp3) is 0.423. The van der Waals surface area contributed by atoms with Gasteiger partial charge >= 0.3 is 5.97 Å². The molecule has 36 heavy (non-hydrogen) atoms. The first kappa shape index (κ1) is 26.0. The molecule has 2 aromatic carbocycles. The molecule has 0 bridgehead atoms. The lowest BCUT2D eigenvalue weighted by Gasteiger charge is -2.34. The minimum Gasteiger partial charge on any atom is -0.488 e. The van der Waals surface area contributed by atoms with Gasteiger partial charge in [0, 0.05) is 13.1 Å². The van der Waals surface area contributed by atoms with Crippen LogP contribution in [0.2, 0.25) is 0 Å². The molecule has 0 amide bonds. The number of carbonyl (C=O) groups is 1. The highest BCUT2D eigenvalue weighted by molar-refractivity contribution is 7.92. The van der Waals surface area contributed by atoms with E-state index in [-0.39, 0.29) is 27.8 Å². The lowest BCUT2D eigenvalue weighted by atomic mass is 10.1. The topological polar surface area (TPSA) is 88.2 Å². The third-order valence-corrected chi connectivity index (χ3v) is 8.13. The van der Waals surface area contributed by atoms with Gasteiger partial charge in [-0.25, -0.2) is 17.6 Å². The number of anilines is 2. The Balaban J connectivity index is 1.70. The molecule has 194 valence electrons. The van der Waals surface area contributed by atoms with E-state index in [1.165, 1.54) is 19.2 Å². The van der Waals surface area contributed by atoms with E-state index in [2.05, 4.69) is 14.5 Å². The van der Waals surface area contributed by atoms with E-state index in [1.54, 1.807) is 24.3 Å². The van der Waals surface area contributed by atoms with Crippen molar-refractivity contribution in [3.63, 3.8) is 0 Å². The number of ether oxygens (including phenoxy) is 2. The van der Waals surface area contributed by atoms with Crippen molar-refractivity contribution in [1.82, 2.24) is 4.90 Å². The van der Waals surface area contributed by atoms with Gasteiger partial charge in [-0.05, 0) is 61.8 Å². The molecule has 1 fully saturated rings. The Hall–Kier alpha value is -3.11. The monoisotopic (exact) mass is 517 g/mol. The number of hydrogen-bond donors (Lipinski definition) is 1. The van der Waals surface area contributed by atoms with Crippen molar-refractivity contribution in [2.24, 2.45) is 0 Å². The van der Waals surface area contributed by atoms with E-state index < -0.39 is 21.8 Å². The standard InChI is InChI=1S/C26H32FN3O5S/c1-4-29(5-2)14-6-8-18-16-19(27)10-13-23(18)36(32,33)28-21-11-12-22-25(24(21)26(31)34-3)35-17-20-9-7-15-30(20)22/h6,8,10-13,16,20,28H,4-5,7,9,14-15,17H2,1-3H3/t20-/m0/s1. The molecule has 1 atom stereocenters. The predicted octanol–water partition coefficient (Wildman–Crippen LogP) is 4.13. The van der Waals surface area contributed by atoms with Crippen LogP contribution < -0.4 is 14.4 Å². The summed E-state index contributed by atoms with van der Waals surface area (Å²) in [6, 6.07) is 7.03. The zero-order valence-corrected chi connectivity index (χ0v) is 21.6. The average molecular weight is 518 g/mol. The van der Waals surface area contributed by atoms with Crippen LogP contribution in [0.1, 0.15) is 42.6 Å². The normalized spacial score (nSPS) is 17.1. The molecular formula is C26H32FN3O5S. The van der Waals surface area contributed by atoms with E-state index >= 15 is 0 Å². The fourth-order valence-electron chi connectivity index (χ4n) is 4.74. The van der Waals surface area contributed by atoms with Crippen LogP contribution in [0.5, 0.6) is 5.75 Å². The van der Waals surface area contributed by atoms with Crippen molar-refractivity contribution in [2.75, 3.05) is 49.5 Å². The number of halogens is 1. The maximum Gasteiger partial charge on any atom is 0.343 e. The Kier molecular flexibility index (Phi) is 7.85. The zero-order valence-electron chi connectivity index (χ0n) is 20.8. The summed E-state index contributed by atoms with van der Waals surface area (Å²) in [6.45, 7) is 7.59. The minimum atomic E-state index is -4.19. The number of benzene rings is 2. The number of fused-ring (bicyclic) bond motifs is 3. The van der Waals surface area contributed by atoms with Gasteiger partial charge in [0.15, 0.2) is 5.75 Å². The highest BCUT2D eigenvalue weighted by Gasteiger charge is 2.36. The molecule has 0 unspecified atom stereocenters. The lowest BCUT2D eigenvalue weighted by Crippen LogP contribution is -2.38. The van der Waals surface area contributed by atoms with Crippen molar-refractivity contribution in [3.05, 3.63) is 53.4 Å². The average Bonchev–Trinajstić information content (AvgIpc) is 3.35. The van der Waals surface area contributed by atoms with E-state index in [0.29, 0.717) is 18.9 Å². The van der Waals surface area contributed by atoms with Crippen LogP contribution in [0.3, 0.4) is 0 Å². The number of methoxy groups -OCH3 is 1. The van der Waals surface area contributed by atoms with Crippen LogP contribution in [-0.2, 0) is 14.8 Å². The molecule has 0 radical (unpaired) electrons. The van der Waals surface area contributed by atoms with Gasteiger partial charge in [-0.1, -0.05) is 26.0 Å². The van der Waals surface area contributed by atoms with Crippen LogP contribution in [0.4, 0.5) is 15.8 Å². The maximum absolute atomic E-state index is 14.0. The highest BCUT2D eigenvalue weighted by Crippen LogP contribution is 2.44. The van der Waals surface area contributed by atoms with Crippen LogP contribution in [0.15, 0.2) is 41.3 Å². The van der Waals surface area contributed by atoms with Crippen molar-refractivity contribution in [1.29, 1.82) is 0 Å². The molecule has 2 aliphatic heterocycles. The van der Waals surface area contributed by atoms with Gasteiger partial charge in [0.1, 0.15) is 18.0 Å². The van der Waals surface area contributed by atoms with Gasteiger partial charge in [-0.15, -0.1) is 0 Å². The molecule has 0 saturated carbocycles. The summed E-state index contributed by atoms with van der Waals surface area (Å²) in [7, 11) is -2.95. The first-order valence-electron chi connectivity index (χ1n) is 12.1. The number of nitrogens with zero attached hydrogens (tertiary/aromatic N) is 2. The first-order valence-corrected chi connectivity index (χ1v) is 13.6. The van der Waals surface area contributed by atoms with Gasteiger partial charge in [0.05, 0.1) is 29.4 Å². The van der Waals surface area contributed by atoms with Crippen LogP contribution in [0, 0.1) is 5.82 Å². The zero-order chi connectivity index (χ0) is 25.9. The lowest BCUT2D eigenvalue weighted by molar-refractivity contribution is 0.0596. The molecule has 2 aromatic rings. The minimum absolute atomic E-state index is 0.0182. The number of sulfonamides is 1. The summed E-state index contributed by atoms with van der Waals surface area (Å²) in [5, 5.41) is 0. The van der Waals surface area contributed by atoms with Gasteiger partial charge in [-0.3, -0.25) is 4.72 Å². The third-order valence-electron chi connectivity index (χ3n) is 6.69. The fourth-order valence-corrected chi connectivity index (χ4v) is 6.00. The Morgan fingerprint density at radius 3 is 2.78 bits per heavy atom. The molecule has 1 saturated heterocycles. The van der Waals surface area contributed by atoms with Gasteiger partial charge < -0.3 is 19.3 Å². The smallest absolute Gasteiger partial charge is 0.343 e. The summed E-state index contributed by atoms with van der Waals surface area (Å²) >= 11 is 0. The molecule has 2 aliphatic rings. The Morgan fingerprint density at radius 1 is 1.28 bits per heavy atom. The van der Waals surface area contributed by atoms with E-state index in [9.17, 15) is 17.6 Å². The van der Waals surface area contributed by atoms with Crippen LogP contribution >= 0.6 is 0 Å². The number of rotatable bonds is 9. The second kappa shape index (κ2) is 10.9. The number of nitrogens with one attached hydrogen (secondary N) is 1. The molecular weight excluding hydrogens is 485 g/mol. The molecule has 8 nitrogen and oxygen atoms in total. The number of carbonyl (C=O) groups excluding carboxylic acids is 1. The Labute approximate surface area is 211 Å². The third kappa shape index (κ3) is 5.19. The van der Waals surface area contributed by atoms with Crippen molar-refractivity contribution in [3.8, 4) is 5.75 Å². The first-order chi connectivity index (χ1) is 17.3. The van der Waals surface area contributed by atoms with Gasteiger partial charge in [0.25, 0.3) is 10.0 Å². The molecule has 1 N–H and O–H groups in total. The summed E-state index contributed by atoms with van der Waals surface area (Å²) in [5.41, 5.74) is 1.02. The number of esters is 1. The quantitative estimate of drug-likeness (QED) is 0.501. The van der Waals surface area contributed by atoms with Crippen molar-refractivity contribution in [2.45, 2.75) is 37.6 Å². The second-order valence-electron chi connectivity index (χ2n) is 8.80. The van der Waals surface area contributed by atoms with E-state index in [4.69, 9.17) is 9.47 Å². The molecule has 4 rings (SSSR count). The molecule has 10 heteroatoms. The largest absolute Gasteiger partial charge is 0.488 e. The Bertz CT molecular complexity index is 1260. The molecule has 0 aromatic heterocycles. The van der Waals surface area contributed by atoms with E-state index in [1.807, 2.05) is 13.8 Å². The SMILES string of the molecule is CCN(CC)CC=Cc1cc(F)ccc1S(=O)(=O)Nc1ccc2c(c1C(=O)OC)OC[C@@H]1CCCN21. The Morgan fingerprint density at radius 2 is 2.06 bits per heavy atom. The summed E-state index contributed by atoms with van der Waals surface area (Å²) in [4.78, 5) is 17.0.